The molecule has 0 saturated heterocycles. The molecule has 1 N–H and O–H groups in total. The molecule has 1 rings (SSSR count). The van der Waals surface area contributed by atoms with Crippen LogP contribution < -0.4 is 5.32 Å². The number of halogens is 1. The fourth-order valence-corrected chi connectivity index (χ4v) is 2.62. The minimum atomic E-state index is -0.980. The third-order valence-corrected chi connectivity index (χ3v) is 4.40. The molecule has 0 unspecified atom stereocenters. The van der Waals surface area contributed by atoms with E-state index in [2.05, 4.69) is 5.32 Å². The second-order valence-electron chi connectivity index (χ2n) is 5.62. The second-order valence-corrected chi connectivity index (χ2v) is 7.02. The number of nitro groups is 1. The minimum absolute atomic E-state index is 0.00594. The molecule has 0 bridgehead atoms. The largest absolute Gasteiger partial charge is 0.454 e. The second kappa shape index (κ2) is 10.7. The zero-order chi connectivity index (χ0) is 20.6. The Hall–Kier alpha value is -2.33. The summed E-state index contributed by atoms with van der Waals surface area (Å²) in [5.74, 6) is -1.24. The lowest BCUT2D eigenvalue weighted by molar-refractivity contribution is -0.384. The molecule has 0 radical (unpaired) electrons. The van der Waals surface area contributed by atoms with Crippen molar-refractivity contribution in [1.29, 1.82) is 0 Å². The van der Waals surface area contributed by atoms with Crippen LogP contribution in [-0.2, 0) is 14.3 Å². The van der Waals surface area contributed by atoms with Gasteiger partial charge >= 0.3 is 5.97 Å². The first kappa shape index (κ1) is 22.7. The highest BCUT2D eigenvalue weighted by molar-refractivity contribution is 7.98. The SMILES string of the molecule is CSCC[C@H](NC(=O)c1ccc([N+](=O)[O-])cc1Cl)C(=O)OCC(=O)N(C)C. The van der Waals surface area contributed by atoms with Crippen LogP contribution in [0.3, 0.4) is 0 Å². The number of esters is 1. The van der Waals surface area contributed by atoms with Crippen molar-refractivity contribution in [3.8, 4) is 0 Å². The maximum absolute atomic E-state index is 12.4. The number of hydrogen-bond donors (Lipinski definition) is 1. The van der Waals surface area contributed by atoms with E-state index >= 15 is 0 Å². The summed E-state index contributed by atoms with van der Waals surface area (Å²) >= 11 is 7.41. The number of likely N-dealkylation sites (N-methyl/N-ethyl adjacent to an activating group) is 1. The van der Waals surface area contributed by atoms with Gasteiger partial charge < -0.3 is 15.0 Å². The van der Waals surface area contributed by atoms with Crippen LogP contribution in [0, 0.1) is 10.1 Å². The Morgan fingerprint density at radius 3 is 2.56 bits per heavy atom. The molecule has 1 aromatic rings. The highest BCUT2D eigenvalue weighted by Crippen LogP contribution is 2.22. The Morgan fingerprint density at radius 2 is 2.04 bits per heavy atom. The molecule has 1 aromatic carbocycles. The van der Waals surface area contributed by atoms with E-state index in [-0.39, 0.29) is 22.7 Å². The highest BCUT2D eigenvalue weighted by Gasteiger charge is 2.25. The molecule has 0 heterocycles. The molecule has 0 aromatic heterocycles. The fraction of sp³-hybridized carbons (Fsp3) is 0.438. The van der Waals surface area contributed by atoms with Crippen LogP contribution in [0.5, 0.6) is 0 Å². The Kier molecular flexibility index (Phi) is 9.03. The van der Waals surface area contributed by atoms with Gasteiger partial charge in [-0.05, 0) is 24.5 Å². The van der Waals surface area contributed by atoms with Gasteiger partial charge in [0.1, 0.15) is 6.04 Å². The lowest BCUT2D eigenvalue weighted by atomic mass is 10.1. The average molecular weight is 418 g/mol. The summed E-state index contributed by atoms with van der Waals surface area (Å²) < 4.78 is 4.97. The Balaban J connectivity index is 2.86. The molecule has 0 aliphatic carbocycles. The number of nitro benzene ring substituents is 1. The van der Waals surface area contributed by atoms with E-state index in [0.717, 1.165) is 12.1 Å². The normalized spacial score (nSPS) is 11.4. The Bertz CT molecular complexity index is 728. The third-order valence-electron chi connectivity index (χ3n) is 3.45. The molecule has 0 spiro atoms. The van der Waals surface area contributed by atoms with Crippen LogP contribution in [0.25, 0.3) is 0 Å². The number of nitrogens with one attached hydrogen (secondary N) is 1. The molecule has 0 saturated carbocycles. The minimum Gasteiger partial charge on any atom is -0.454 e. The maximum atomic E-state index is 12.4. The molecule has 27 heavy (non-hydrogen) atoms. The number of carbonyl (C=O) groups excluding carboxylic acids is 3. The molecular formula is C16H20ClN3O6S. The van der Waals surface area contributed by atoms with Gasteiger partial charge in [-0.25, -0.2) is 4.79 Å². The number of rotatable bonds is 9. The van der Waals surface area contributed by atoms with Crippen LogP contribution in [0.1, 0.15) is 16.8 Å². The first-order valence-corrected chi connectivity index (χ1v) is 9.55. The van der Waals surface area contributed by atoms with Crippen LogP contribution >= 0.6 is 23.4 Å². The summed E-state index contributed by atoms with van der Waals surface area (Å²) in [7, 11) is 3.06. The topological polar surface area (TPSA) is 119 Å². The number of benzene rings is 1. The van der Waals surface area contributed by atoms with Crippen molar-refractivity contribution < 1.29 is 24.0 Å². The van der Waals surface area contributed by atoms with Crippen molar-refractivity contribution in [3.63, 3.8) is 0 Å². The lowest BCUT2D eigenvalue weighted by Crippen LogP contribution is -2.43. The van der Waals surface area contributed by atoms with Crippen molar-refractivity contribution in [2.75, 3.05) is 32.7 Å². The summed E-state index contributed by atoms with van der Waals surface area (Å²) in [6.07, 6.45) is 2.12. The summed E-state index contributed by atoms with van der Waals surface area (Å²) in [4.78, 5) is 47.6. The first-order valence-electron chi connectivity index (χ1n) is 7.78. The van der Waals surface area contributed by atoms with Gasteiger partial charge in [-0.15, -0.1) is 0 Å². The lowest BCUT2D eigenvalue weighted by Gasteiger charge is -2.18. The highest BCUT2D eigenvalue weighted by atomic mass is 35.5. The van der Waals surface area contributed by atoms with Gasteiger partial charge in [0.25, 0.3) is 17.5 Å². The molecule has 11 heteroatoms. The molecule has 0 aliphatic rings. The molecule has 1 atom stereocenters. The van der Waals surface area contributed by atoms with Crippen LogP contribution in [0.15, 0.2) is 18.2 Å². The molecular weight excluding hydrogens is 398 g/mol. The number of amides is 2. The number of ether oxygens (including phenoxy) is 1. The predicted octanol–water partition coefficient (Wildman–Crippen LogP) is 1.73. The van der Waals surface area contributed by atoms with Gasteiger partial charge in [0.05, 0.1) is 15.5 Å². The fourth-order valence-electron chi connectivity index (χ4n) is 1.88. The van der Waals surface area contributed by atoms with Gasteiger partial charge in [0, 0.05) is 26.2 Å². The molecule has 2 amide bonds. The standard InChI is InChI=1S/C16H20ClN3O6S/c1-19(2)14(21)9-26-16(23)13(6-7-27-3)18-15(22)11-5-4-10(20(24)25)8-12(11)17/h4-5,8,13H,6-7,9H2,1-3H3,(H,18,22)/t13-/m0/s1. The Morgan fingerprint density at radius 1 is 1.37 bits per heavy atom. The van der Waals surface area contributed by atoms with E-state index in [9.17, 15) is 24.5 Å². The van der Waals surface area contributed by atoms with Gasteiger partial charge in [-0.3, -0.25) is 19.7 Å². The zero-order valence-electron chi connectivity index (χ0n) is 15.1. The summed E-state index contributed by atoms with van der Waals surface area (Å²) in [6.45, 7) is -0.435. The number of thioether (sulfide) groups is 1. The summed E-state index contributed by atoms with van der Waals surface area (Å²) in [6, 6.07) is 2.43. The van der Waals surface area contributed by atoms with E-state index in [1.54, 1.807) is 0 Å². The predicted molar refractivity (Wildman–Crippen MR) is 102 cm³/mol. The maximum Gasteiger partial charge on any atom is 0.329 e. The number of hydrogen-bond acceptors (Lipinski definition) is 7. The van der Waals surface area contributed by atoms with Gasteiger partial charge in [-0.2, -0.15) is 11.8 Å². The van der Waals surface area contributed by atoms with Gasteiger partial charge in [0.15, 0.2) is 6.61 Å². The Labute approximate surface area is 165 Å². The average Bonchev–Trinajstić information content (AvgIpc) is 2.62. The molecule has 0 fully saturated rings. The third kappa shape index (κ3) is 7.06. The zero-order valence-corrected chi connectivity index (χ0v) is 16.6. The molecule has 148 valence electrons. The van der Waals surface area contributed by atoms with Crippen molar-refractivity contribution in [2.24, 2.45) is 0 Å². The number of nitrogens with zero attached hydrogens (tertiary/aromatic N) is 2. The smallest absolute Gasteiger partial charge is 0.329 e. The van der Waals surface area contributed by atoms with Crippen LogP contribution in [0.2, 0.25) is 5.02 Å². The number of non-ortho nitro benzene ring substituents is 1. The van der Waals surface area contributed by atoms with E-state index in [4.69, 9.17) is 16.3 Å². The van der Waals surface area contributed by atoms with Crippen molar-refractivity contribution in [1.82, 2.24) is 10.2 Å². The van der Waals surface area contributed by atoms with E-state index in [1.165, 1.54) is 36.8 Å². The van der Waals surface area contributed by atoms with E-state index < -0.39 is 35.4 Å². The summed E-state index contributed by atoms with van der Waals surface area (Å²) in [5.41, 5.74) is -0.259. The number of carbonyl (C=O) groups is 3. The van der Waals surface area contributed by atoms with Gasteiger partial charge in [0.2, 0.25) is 0 Å². The molecule has 0 aliphatic heterocycles. The van der Waals surface area contributed by atoms with Crippen molar-refractivity contribution in [2.45, 2.75) is 12.5 Å². The van der Waals surface area contributed by atoms with Crippen LogP contribution in [-0.4, -0.2) is 66.4 Å². The van der Waals surface area contributed by atoms with Crippen LogP contribution in [0.4, 0.5) is 5.69 Å². The quantitative estimate of drug-likeness (QED) is 0.369. The van der Waals surface area contributed by atoms with Crippen molar-refractivity contribution >= 4 is 46.8 Å². The molecule has 9 nitrogen and oxygen atoms in total. The summed E-state index contributed by atoms with van der Waals surface area (Å²) in [5, 5.41) is 13.1. The van der Waals surface area contributed by atoms with E-state index in [0.29, 0.717) is 5.75 Å². The monoisotopic (exact) mass is 417 g/mol. The van der Waals surface area contributed by atoms with Crippen molar-refractivity contribution in [3.05, 3.63) is 38.9 Å². The first-order chi connectivity index (χ1) is 12.7. The van der Waals surface area contributed by atoms with Gasteiger partial charge in [-0.1, -0.05) is 11.6 Å². The van der Waals surface area contributed by atoms with E-state index in [1.807, 2.05) is 6.26 Å².